The molecule has 12 atom stereocenters. The zero-order valence-electron chi connectivity index (χ0n) is 26.1. The number of hydrogen-bond acceptors (Lipinski definition) is 9. The van der Waals surface area contributed by atoms with Gasteiger partial charge in [0.2, 0.25) is 0 Å². The first-order valence-corrected chi connectivity index (χ1v) is 17.3. The third-order valence-corrected chi connectivity index (χ3v) is 13.0. The second-order valence-corrected chi connectivity index (χ2v) is 16.0. The van der Waals surface area contributed by atoms with Crippen LogP contribution in [0.25, 0.3) is 0 Å². The average molecular weight is 693 g/mol. The number of hydrogen-bond donors (Lipinski definition) is 4. The first-order chi connectivity index (χ1) is 21.0. The number of carbonyl (C=O) groups excluding carboxylic acids is 2. The van der Waals surface area contributed by atoms with Crippen LogP contribution >= 0.6 is 0 Å². The number of aliphatic hydroxyl groups is 3. The number of fused-ring (bicyclic) bond motifs is 5. The Kier molecular flexibility index (Phi) is 10.5. The fraction of sp³-hybridized carbons (Fsp3) is 0.933. The molecular formula is C30H45F5O10S. The van der Waals surface area contributed by atoms with E-state index in [1.54, 1.807) is 0 Å². The number of ether oxygens (including phenoxy) is 2. The van der Waals surface area contributed by atoms with E-state index in [1.165, 1.54) is 0 Å². The van der Waals surface area contributed by atoms with Crippen molar-refractivity contribution in [1.29, 1.82) is 0 Å². The summed E-state index contributed by atoms with van der Waals surface area (Å²) in [6, 6.07) is 0. The molecule has 4 fully saturated rings. The molecule has 0 radical (unpaired) electrons. The fourth-order valence-electron chi connectivity index (χ4n) is 9.65. The minimum absolute atomic E-state index is 0.0150. The molecule has 16 heteroatoms. The summed E-state index contributed by atoms with van der Waals surface area (Å²) < 4.78 is 104. The molecule has 0 heterocycles. The Hall–Kier alpha value is -1.62. The Morgan fingerprint density at radius 3 is 2.20 bits per heavy atom. The molecule has 4 aliphatic carbocycles. The average Bonchev–Trinajstić information content (AvgIpc) is 3.29. The third-order valence-electron chi connectivity index (χ3n) is 12.1. The van der Waals surface area contributed by atoms with Crippen molar-refractivity contribution < 1.29 is 69.3 Å². The van der Waals surface area contributed by atoms with Gasteiger partial charge in [0, 0.05) is 6.42 Å². The maximum absolute atomic E-state index is 13.6. The molecule has 266 valence electrons. The summed E-state index contributed by atoms with van der Waals surface area (Å²) in [6.45, 7) is 5.44. The molecule has 0 aromatic rings. The lowest BCUT2D eigenvalue weighted by Gasteiger charge is -2.63. The van der Waals surface area contributed by atoms with Crippen LogP contribution in [0, 0.1) is 46.3 Å². The van der Waals surface area contributed by atoms with Crippen molar-refractivity contribution in [3.63, 3.8) is 0 Å². The summed E-state index contributed by atoms with van der Waals surface area (Å²) in [5.41, 5.74) is -0.581. The van der Waals surface area contributed by atoms with E-state index in [-0.39, 0.29) is 53.4 Å². The normalized spacial score (nSPS) is 39.4. The molecule has 4 unspecified atom stereocenters. The summed E-state index contributed by atoms with van der Waals surface area (Å²) in [6.07, 6.45) is -7.93. The fourth-order valence-corrected chi connectivity index (χ4v) is 10.1. The summed E-state index contributed by atoms with van der Waals surface area (Å²) >= 11 is 0. The van der Waals surface area contributed by atoms with Crippen LogP contribution in [0.2, 0.25) is 0 Å². The van der Waals surface area contributed by atoms with Gasteiger partial charge in [-0.1, -0.05) is 20.8 Å². The van der Waals surface area contributed by atoms with E-state index in [9.17, 15) is 55.3 Å². The summed E-state index contributed by atoms with van der Waals surface area (Å²) in [7, 11) is -6.57. The van der Waals surface area contributed by atoms with Gasteiger partial charge in [-0.2, -0.15) is 30.4 Å². The quantitative estimate of drug-likeness (QED) is 0.148. The number of esters is 2. The van der Waals surface area contributed by atoms with Crippen molar-refractivity contribution in [3.8, 4) is 0 Å². The van der Waals surface area contributed by atoms with Gasteiger partial charge >= 0.3 is 33.5 Å². The zero-order valence-corrected chi connectivity index (χ0v) is 26.9. The molecule has 0 saturated heterocycles. The first-order valence-electron chi connectivity index (χ1n) is 15.9. The molecule has 4 aliphatic rings. The van der Waals surface area contributed by atoms with E-state index < -0.39 is 70.2 Å². The van der Waals surface area contributed by atoms with E-state index >= 15 is 0 Å². The van der Waals surface area contributed by atoms with Crippen molar-refractivity contribution in [2.45, 2.75) is 121 Å². The predicted molar refractivity (Wildman–Crippen MR) is 150 cm³/mol. The highest BCUT2D eigenvalue weighted by Gasteiger charge is 2.67. The number of carbonyl (C=O) groups is 2. The minimum Gasteiger partial charge on any atom is -0.465 e. The molecule has 4 rings (SSSR count). The van der Waals surface area contributed by atoms with Crippen molar-refractivity contribution in [2.75, 3.05) is 6.61 Å². The van der Waals surface area contributed by atoms with Crippen LogP contribution in [0.5, 0.6) is 0 Å². The monoisotopic (exact) mass is 692 g/mol. The maximum Gasteiger partial charge on any atom is 0.432 e. The van der Waals surface area contributed by atoms with Crippen LogP contribution in [0.15, 0.2) is 0 Å². The van der Waals surface area contributed by atoms with E-state index in [0.29, 0.717) is 32.1 Å². The number of alkyl halides is 5. The Labute approximate surface area is 265 Å². The van der Waals surface area contributed by atoms with Crippen molar-refractivity contribution in [3.05, 3.63) is 0 Å². The highest BCUT2D eigenvalue weighted by molar-refractivity contribution is 7.86. The standard InChI is InChI=1S/C30H45F5O10S/c1-15(4-7-23(39)44-11-9-24(40)45-26(29(31,32)33)30(34,35)46(41,42)43)18-5-6-19-25-20(14-22(38)28(18,19)3)27(2)10-8-17(36)12-16(27)13-21(25)37/h15-22,25-26,36-38H,4-14H2,1-3H3,(H,41,42,43)/t15-,16+,17?,18-,19+,20+,21?,22?,25+,26?,27+,28-/m1/s1. The summed E-state index contributed by atoms with van der Waals surface area (Å²) in [4.78, 5) is 24.1. The lowest BCUT2D eigenvalue weighted by Crippen LogP contribution is -2.62. The van der Waals surface area contributed by atoms with Crippen molar-refractivity contribution in [1.82, 2.24) is 0 Å². The molecule has 0 spiro atoms. The molecule has 10 nitrogen and oxygen atoms in total. The number of rotatable bonds is 10. The molecule has 0 aliphatic heterocycles. The van der Waals surface area contributed by atoms with Crippen LogP contribution in [-0.4, -0.2) is 82.7 Å². The second kappa shape index (κ2) is 13.0. The summed E-state index contributed by atoms with van der Waals surface area (Å²) in [5, 5.41) is 27.5. The van der Waals surface area contributed by atoms with Crippen molar-refractivity contribution in [2.24, 2.45) is 46.3 Å². The van der Waals surface area contributed by atoms with Crippen LogP contribution in [0.3, 0.4) is 0 Å². The lowest BCUT2D eigenvalue weighted by atomic mass is 9.43. The van der Waals surface area contributed by atoms with E-state index in [0.717, 1.165) is 19.3 Å². The molecular weight excluding hydrogens is 647 g/mol. The topological polar surface area (TPSA) is 168 Å². The minimum atomic E-state index is -6.57. The van der Waals surface area contributed by atoms with Gasteiger partial charge in [0.05, 0.1) is 24.7 Å². The maximum atomic E-state index is 13.6. The predicted octanol–water partition coefficient (Wildman–Crippen LogP) is 4.25. The highest BCUT2D eigenvalue weighted by Crippen LogP contribution is 2.68. The second-order valence-electron chi connectivity index (χ2n) is 14.5. The van der Waals surface area contributed by atoms with Gasteiger partial charge in [-0.15, -0.1) is 0 Å². The molecule has 46 heavy (non-hydrogen) atoms. The molecule has 4 saturated carbocycles. The largest absolute Gasteiger partial charge is 0.465 e. The Balaban J connectivity index is 1.31. The SMILES string of the molecule is C[C@H](CCC(=O)OCCC(=O)OC(C(F)(F)F)C(F)(F)S(=O)(=O)O)[C@H]1CC[C@H]2[C@@H]3C(O)C[C@@H]4CC(O)CC[C@]4(C)[C@H]3CC(O)[C@]12C. The lowest BCUT2D eigenvalue weighted by molar-refractivity contribution is -0.259. The van der Waals surface area contributed by atoms with Crippen LogP contribution < -0.4 is 0 Å². The van der Waals surface area contributed by atoms with Gasteiger partial charge in [-0.05, 0) is 97.7 Å². The number of halogens is 5. The zero-order chi connectivity index (χ0) is 34.6. The van der Waals surface area contributed by atoms with Crippen LogP contribution in [-0.2, 0) is 29.2 Å². The smallest absolute Gasteiger partial charge is 0.432 e. The van der Waals surface area contributed by atoms with E-state index in [4.69, 9.17) is 9.29 Å². The molecule has 0 aromatic carbocycles. The van der Waals surface area contributed by atoms with Crippen LogP contribution in [0.1, 0.15) is 85.0 Å². The van der Waals surface area contributed by atoms with Gasteiger partial charge in [-0.3, -0.25) is 14.1 Å². The first kappa shape index (κ1) is 37.2. The van der Waals surface area contributed by atoms with Gasteiger partial charge in [0.15, 0.2) is 0 Å². The molecule has 0 aromatic heterocycles. The third kappa shape index (κ3) is 6.79. The van der Waals surface area contributed by atoms with E-state index in [2.05, 4.69) is 18.6 Å². The van der Waals surface area contributed by atoms with E-state index in [1.807, 2.05) is 6.92 Å². The summed E-state index contributed by atoms with van der Waals surface area (Å²) in [5.74, 6) is -2.37. The van der Waals surface area contributed by atoms with Gasteiger partial charge in [0.1, 0.15) is 6.61 Å². The Morgan fingerprint density at radius 2 is 1.59 bits per heavy atom. The molecule has 4 N–H and O–H groups in total. The van der Waals surface area contributed by atoms with Gasteiger partial charge in [-0.25, -0.2) is 0 Å². The van der Waals surface area contributed by atoms with Crippen molar-refractivity contribution >= 4 is 22.1 Å². The highest BCUT2D eigenvalue weighted by atomic mass is 32.2. The number of aliphatic hydroxyl groups excluding tert-OH is 3. The molecule has 0 bridgehead atoms. The Morgan fingerprint density at radius 1 is 0.935 bits per heavy atom. The van der Waals surface area contributed by atoms with Gasteiger partial charge in [0.25, 0.3) is 6.10 Å². The molecule has 0 amide bonds. The van der Waals surface area contributed by atoms with Gasteiger partial charge < -0.3 is 24.8 Å². The van der Waals surface area contributed by atoms with Crippen LogP contribution in [0.4, 0.5) is 22.0 Å². The Bertz CT molecular complexity index is 1250.